The monoisotopic (exact) mass is 220 g/mol. The van der Waals surface area contributed by atoms with Gasteiger partial charge in [-0.05, 0) is 23.0 Å². The van der Waals surface area contributed by atoms with Crippen molar-refractivity contribution in [3.63, 3.8) is 0 Å². The Kier molecular flexibility index (Phi) is 4.11. The maximum Gasteiger partial charge on any atom is 0.309 e. The minimum absolute atomic E-state index is 0.191. The van der Waals surface area contributed by atoms with Gasteiger partial charge < -0.3 is 4.74 Å². The van der Waals surface area contributed by atoms with E-state index in [1.54, 1.807) is 0 Å². The van der Waals surface area contributed by atoms with Gasteiger partial charge in [0.1, 0.15) is 0 Å². The van der Waals surface area contributed by atoms with Crippen molar-refractivity contribution < 1.29 is 9.53 Å². The van der Waals surface area contributed by atoms with Crippen LogP contribution < -0.4 is 0 Å². The van der Waals surface area contributed by atoms with E-state index in [1.807, 2.05) is 12.1 Å². The van der Waals surface area contributed by atoms with Gasteiger partial charge in [-0.1, -0.05) is 45.0 Å². The third-order valence-electron chi connectivity index (χ3n) is 2.33. The van der Waals surface area contributed by atoms with Crippen LogP contribution >= 0.6 is 0 Å². The predicted octanol–water partition coefficient (Wildman–Crippen LogP) is 2.99. The van der Waals surface area contributed by atoms with Crippen LogP contribution in [-0.2, 0) is 22.4 Å². The molecule has 0 amide bonds. The van der Waals surface area contributed by atoms with E-state index in [2.05, 4.69) is 37.6 Å². The molecule has 0 saturated heterocycles. The number of methoxy groups -OCH3 is 1. The number of hydrogen-bond acceptors (Lipinski definition) is 2. The topological polar surface area (TPSA) is 26.3 Å². The third-order valence-corrected chi connectivity index (χ3v) is 2.33. The van der Waals surface area contributed by atoms with Crippen LogP contribution in [0.2, 0.25) is 0 Å². The van der Waals surface area contributed by atoms with Gasteiger partial charge in [-0.25, -0.2) is 0 Å². The maximum atomic E-state index is 11.1. The normalized spacial score (nSPS) is 11.2. The van der Waals surface area contributed by atoms with Gasteiger partial charge in [0, 0.05) is 0 Å². The van der Waals surface area contributed by atoms with Crippen LogP contribution in [0.4, 0.5) is 0 Å². The first kappa shape index (κ1) is 12.8. The average molecular weight is 220 g/mol. The largest absolute Gasteiger partial charge is 0.469 e. The molecule has 0 aliphatic rings. The van der Waals surface area contributed by atoms with Crippen LogP contribution in [0.5, 0.6) is 0 Å². The molecule has 0 N–H and O–H groups in total. The number of rotatable bonds is 3. The summed E-state index contributed by atoms with van der Waals surface area (Å²) >= 11 is 0. The number of benzene rings is 1. The maximum absolute atomic E-state index is 11.1. The van der Waals surface area contributed by atoms with Crippen molar-refractivity contribution in [3.05, 3.63) is 35.4 Å². The van der Waals surface area contributed by atoms with E-state index < -0.39 is 0 Å². The first-order valence-electron chi connectivity index (χ1n) is 5.55. The first-order chi connectivity index (χ1) is 7.40. The molecule has 0 radical (unpaired) electrons. The Balaban J connectivity index is 2.64. The highest BCUT2D eigenvalue weighted by Gasteiger charge is 2.11. The second kappa shape index (κ2) is 5.15. The molecule has 1 rings (SSSR count). The van der Waals surface area contributed by atoms with Crippen molar-refractivity contribution in [1.82, 2.24) is 0 Å². The summed E-state index contributed by atoms with van der Waals surface area (Å²) in [5.74, 6) is -0.191. The third kappa shape index (κ3) is 4.47. The van der Waals surface area contributed by atoms with Crippen LogP contribution in [0.3, 0.4) is 0 Å². The highest BCUT2D eigenvalue weighted by Crippen LogP contribution is 2.20. The molecule has 16 heavy (non-hydrogen) atoms. The van der Waals surface area contributed by atoms with Gasteiger partial charge in [-0.2, -0.15) is 0 Å². The van der Waals surface area contributed by atoms with E-state index in [9.17, 15) is 4.79 Å². The second-order valence-corrected chi connectivity index (χ2v) is 5.31. The summed E-state index contributed by atoms with van der Waals surface area (Å²) < 4.78 is 4.63. The quantitative estimate of drug-likeness (QED) is 0.732. The summed E-state index contributed by atoms with van der Waals surface area (Å²) in [6.45, 7) is 6.65. The van der Waals surface area contributed by atoms with Crippen molar-refractivity contribution in [2.45, 2.75) is 33.6 Å². The fraction of sp³-hybridized carbons (Fsp3) is 0.500. The fourth-order valence-corrected chi connectivity index (χ4v) is 1.63. The molecule has 0 fully saturated rings. The molecule has 0 aromatic heterocycles. The fourth-order valence-electron chi connectivity index (χ4n) is 1.63. The van der Waals surface area contributed by atoms with Gasteiger partial charge in [0.05, 0.1) is 13.5 Å². The molecule has 0 spiro atoms. The molecule has 2 heteroatoms. The van der Waals surface area contributed by atoms with Crippen molar-refractivity contribution >= 4 is 5.97 Å². The Labute approximate surface area is 97.6 Å². The summed E-state index contributed by atoms with van der Waals surface area (Å²) in [4.78, 5) is 11.1. The van der Waals surface area contributed by atoms with Crippen LogP contribution in [0.25, 0.3) is 0 Å². The molecule has 0 aliphatic heterocycles. The minimum atomic E-state index is -0.191. The predicted molar refractivity (Wildman–Crippen MR) is 65.3 cm³/mol. The van der Waals surface area contributed by atoms with Gasteiger partial charge in [0.2, 0.25) is 0 Å². The Bertz CT molecular complexity index is 344. The summed E-state index contributed by atoms with van der Waals surface area (Å²) in [5.41, 5.74) is 2.61. The number of ether oxygens (including phenoxy) is 1. The molecule has 0 heterocycles. The Morgan fingerprint density at radius 1 is 1.12 bits per heavy atom. The van der Waals surface area contributed by atoms with E-state index in [4.69, 9.17) is 0 Å². The molecule has 0 saturated carbocycles. The van der Waals surface area contributed by atoms with Crippen LogP contribution in [-0.4, -0.2) is 13.1 Å². The molecular weight excluding hydrogens is 200 g/mol. The Hall–Kier alpha value is -1.31. The van der Waals surface area contributed by atoms with Crippen molar-refractivity contribution in [1.29, 1.82) is 0 Å². The van der Waals surface area contributed by atoms with E-state index in [1.165, 1.54) is 12.7 Å². The van der Waals surface area contributed by atoms with Gasteiger partial charge in [0.15, 0.2) is 0 Å². The molecule has 1 aromatic carbocycles. The van der Waals surface area contributed by atoms with Gasteiger partial charge in [-0.3, -0.25) is 4.79 Å². The summed E-state index contributed by atoms with van der Waals surface area (Å²) in [7, 11) is 1.41. The molecular formula is C14H20O2. The zero-order valence-corrected chi connectivity index (χ0v) is 10.5. The van der Waals surface area contributed by atoms with Crippen LogP contribution in [0, 0.1) is 5.41 Å². The number of hydrogen-bond donors (Lipinski definition) is 0. The van der Waals surface area contributed by atoms with Gasteiger partial charge >= 0.3 is 5.97 Å². The van der Waals surface area contributed by atoms with E-state index in [0.717, 1.165) is 12.0 Å². The minimum Gasteiger partial charge on any atom is -0.469 e. The lowest BCUT2D eigenvalue weighted by atomic mass is 9.88. The summed E-state index contributed by atoms with van der Waals surface area (Å²) in [6.07, 6.45) is 1.40. The average Bonchev–Trinajstić information content (AvgIpc) is 2.18. The lowest BCUT2D eigenvalue weighted by molar-refractivity contribution is -0.139. The molecule has 0 unspecified atom stereocenters. The SMILES string of the molecule is COC(=O)Cc1ccc(CC(C)(C)C)cc1. The first-order valence-corrected chi connectivity index (χ1v) is 5.55. The van der Waals surface area contributed by atoms with Crippen molar-refractivity contribution in [2.75, 3.05) is 7.11 Å². The summed E-state index contributed by atoms with van der Waals surface area (Å²) in [6, 6.07) is 8.17. The van der Waals surface area contributed by atoms with Gasteiger partial charge in [0.25, 0.3) is 0 Å². The Morgan fingerprint density at radius 3 is 2.06 bits per heavy atom. The molecule has 0 bridgehead atoms. The van der Waals surface area contributed by atoms with E-state index in [0.29, 0.717) is 11.8 Å². The van der Waals surface area contributed by atoms with E-state index in [-0.39, 0.29) is 5.97 Å². The highest BCUT2D eigenvalue weighted by atomic mass is 16.5. The number of carbonyl (C=O) groups is 1. The van der Waals surface area contributed by atoms with Gasteiger partial charge in [-0.15, -0.1) is 0 Å². The van der Waals surface area contributed by atoms with E-state index >= 15 is 0 Å². The molecule has 0 aliphatic carbocycles. The molecule has 88 valence electrons. The molecule has 0 atom stereocenters. The number of carbonyl (C=O) groups excluding carboxylic acids is 1. The zero-order chi connectivity index (χ0) is 12.2. The van der Waals surface area contributed by atoms with Crippen molar-refractivity contribution in [2.24, 2.45) is 5.41 Å². The smallest absolute Gasteiger partial charge is 0.309 e. The number of esters is 1. The lowest BCUT2D eigenvalue weighted by Crippen LogP contribution is -2.09. The zero-order valence-electron chi connectivity index (χ0n) is 10.5. The van der Waals surface area contributed by atoms with Crippen LogP contribution in [0.15, 0.2) is 24.3 Å². The molecule has 2 nitrogen and oxygen atoms in total. The Morgan fingerprint density at radius 2 is 1.62 bits per heavy atom. The second-order valence-electron chi connectivity index (χ2n) is 5.31. The summed E-state index contributed by atoms with van der Waals surface area (Å²) in [5, 5.41) is 0. The molecule has 1 aromatic rings. The van der Waals surface area contributed by atoms with Crippen LogP contribution in [0.1, 0.15) is 31.9 Å². The highest BCUT2D eigenvalue weighted by molar-refractivity contribution is 5.72. The van der Waals surface area contributed by atoms with Crippen molar-refractivity contribution in [3.8, 4) is 0 Å². The lowest BCUT2D eigenvalue weighted by Gasteiger charge is -2.18. The standard InChI is InChI=1S/C14H20O2/c1-14(2,3)10-12-7-5-11(6-8-12)9-13(15)16-4/h5-8H,9-10H2,1-4H3.